The SMILES string of the molecule is COCCCN1C(=O)[C@@H]2[C@H](CC(N)=O)N[C@@]3(C(=O)Nc4ccc(Cl)cc43)[C@H]2C1=O. The lowest BCUT2D eigenvalue weighted by Gasteiger charge is -2.29. The van der Waals surface area contributed by atoms with Gasteiger partial charge in [0.25, 0.3) is 0 Å². The van der Waals surface area contributed by atoms with Crippen molar-refractivity contribution in [2.24, 2.45) is 17.6 Å². The van der Waals surface area contributed by atoms with Crippen molar-refractivity contribution in [1.82, 2.24) is 10.2 Å². The number of imide groups is 1. The Morgan fingerprint density at radius 2 is 2.07 bits per heavy atom. The summed E-state index contributed by atoms with van der Waals surface area (Å²) in [4.78, 5) is 52.4. The van der Waals surface area contributed by atoms with E-state index >= 15 is 0 Å². The Labute approximate surface area is 171 Å². The van der Waals surface area contributed by atoms with Crippen molar-refractivity contribution in [3.8, 4) is 0 Å². The van der Waals surface area contributed by atoms with Gasteiger partial charge in [0.15, 0.2) is 0 Å². The van der Waals surface area contributed by atoms with Crippen LogP contribution in [-0.2, 0) is 29.5 Å². The summed E-state index contributed by atoms with van der Waals surface area (Å²) in [6, 6.07) is 4.15. The number of methoxy groups -OCH3 is 1. The maximum atomic E-state index is 13.3. The van der Waals surface area contributed by atoms with Crippen LogP contribution in [0.5, 0.6) is 0 Å². The highest BCUT2D eigenvalue weighted by Crippen LogP contribution is 2.53. The third-order valence-corrected chi connectivity index (χ3v) is 6.15. The number of rotatable bonds is 6. The second-order valence-corrected chi connectivity index (χ2v) is 7.99. The molecule has 1 aromatic carbocycles. The van der Waals surface area contributed by atoms with Crippen LogP contribution in [0.1, 0.15) is 18.4 Å². The number of carbonyl (C=O) groups excluding carboxylic acids is 4. The van der Waals surface area contributed by atoms with Crippen LogP contribution < -0.4 is 16.4 Å². The number of halogens is 1. The van der Waals surface area contributed by atoms with Crippen molar-refractivity contribution in [2.75, 3.05) is 25.6 Å². The number of nitrogens with one attached hydrogen (secondary N) is 2. The van der Waals surface area contributed by atoms with Crippen LogP contribution in [0.15, 0.2) is 18.2 Å². The summed E-state index contributed by atoms with van der Waals surface area (Å²) in [7, 11) is 1.54. The smallest absolute Gasteiger partial charge is 0.250 e. The number of nitrogens with zero attached hydrogens (tertiary/aromatic N) is 1. The molecule has 2 fully saturated rings. The number of amides is 4. The van der Waals surface area contributed by atoms with Crippen LogP contribution in [0.4, 0.5) is 5.69 Å². The largest absolute Gasteiger partial charge is 0.385 e. The van der Waals surface area contributed by atoms with Gasteiger partial charge >= 0.3 is 0 Å². The van der Waals surface area contributed by atoms with Crippen LogP contribution in [0.2, 0.25) is 5.02 Å². The Morgan fingerprint density at radius 1 is 1.31 bits per heavy atom. The number of fused-ring (bicyclic) bond motifs is 4. The molecule has 1 aromatic rings. The summed E-state index contributed by atoms with van der Waals surface area (Å²) in [6.07, 6.45) is 0.306. The van der Waals surface area contributed by atoms with Crippen molar-refractivity contribution in [1.29, 1.82) is 0 Å². The van der Waals surface area contributed by atoms with Gasteiger partial charge in [0.1, 0.15) is 5.54 Å². The minimum atomic E-state index is -1.48. The molecule has 2 saturated heterocycles. The van der Waals surface area contributed by atoms with Gasteiger partial charge in [-0.2, -0.15) is 0 Å². The lowest BCUT2D eigenvalue weighted by molar-refractivity contribution is -0.143. The van der Waals surface area contributed by atoms with Gasteiger partial charge in [-0.15, -0.1) is 0 Å². The molecule has 9 nitrogen and oxygen atoms in total. The average molecular weight is 421 g/mol. The summed E-state index contributed by atoms with van der Waals surface area (Å²) < 4.78 is 5.01. The molecular weight excluding hydrogens is 400 g/mol. The number of hydrogen-bond donors (Lipinski definition) is 3. The number of anilines is 1. The zero-order chi connectivity index (χ0) is 20.9. The van der Waals surface area contributed by atoms with Crippen molar-refractivity contribution < 1.29 is 23.9 Å². The Kier molecular flexibility index (Phi) is 4.84. The van der Waals surface area contributed by atoms with Gasteiger partial charge in [-0.1, -0.05) is 11.6 Å². The summed E-state index contributed by atoms with van der Waals surface area (Å²) in [5.74, 6) is -3.78. The Hall–Kier alpha value is -2.49. The van der Waals surface area contributed by atoms with E-state index in [2.05, 4.69) is 10.6 Å². The summed E-state index contributed by atoms with van der Waals surface area (Å²) in [6.45, 7) is 0.571. The molecule has 0 aliphatic carbocycles. The van der Waals surface area contributed by atoms with Crippen LogP contribution in [0, 0.1) is 11.8 Å². The zero-order valence-electron chi connectivity index (χ0n) is 15.7. The molecule has 3 aliphatic heterocycles. The lowest BCUT2D eigenvalue weighted by atomic mass is 9.76. The van der Waals surface area contributed by atoms with Crippen LogP contribution in [0.3, 0.4) is 0 Å². The second kappa shape index (κ2) is 7.08. The standard InChI is InChI=1S/C19H21ClN4O5/c1-29-6-2-5-24-16(26)14-12(8-13(21)25)23-19(15(14)17(24)27)10-7-9(20)3-4-11(10)22-18(19)28/h3-4,7,12,14-15,23H,2,5-6,8H2,1H3,(H2,21,25)(H,22,28)/t12-,14+,15+,19+/m0/s1. The number of nitrogens with two attached hydrogens (primary N) is 1. The quantitative estimate of drug-likeness (QED) is 0.437. The maximum Gasteiger partial charge on any atom is 0.250 e. The van der Waals surface area contributed by atoms with Gasteiger partial charge in [0, 0.05) is 49.0 Å². The van der Waals surface area contributed by atoms with Crippen molar-refractivity contribution in [3.63, 3.8) is 0 Å². The predicted molar refractivity (Wildman–Crippen MR) is 103 cm³/mol. The third-order valence-electron chi connectivity index (χ3n) is 5.92. The number of primary amides is 1. The first-order valence-electron chi connectivity index (χ1n) is 9.33. The molecule has 10 heteroatoms. The van der Waals surface area contributed by atoms with E-state index in [0.29, 0.717) is 29.3 Å². The summed E-state index contributed by atoms with van der Waals surface area (Å²) >= 11 is 6.16. The number of hydrogen-bond acceptors (Lipinski definition) is 6. The van der Waals surface area contributed by atoms with E-state index in [4.69, 9.17) is 22.1 Å². The van der Waals surface area contributed by atoms with E-state index in [1.54, 1.807) is 18.2 Å². The molecule has 0 unspecified atom stereocenters. The van der Waals surface area contributed by atoms with Crippen molar-refractivity contribution in [2.45, 2.75) is 24.4 Å². The van der Waals surface area contributed by atoms with Gasteiger partial charge in [0.2, 0.25) is 23.6 Å². The first-order valence-corrected chi connectivity index (χ1v) is 9.70. The van der Waals surface area contributed by atoms with E-state index < -0.39 is 47.0 Å². The molecule has 4 amide bonds. The van der Waals surface area contributed by atoms with Crippen molar-refractivity contribution >= 4 is 40.9 Å². The van der Waals surface area contributed by atoms with E-state index in [9.17, 15) is 19.2 Å². The molecule has 4 N–H and O–H groups in total. The number of ether oxygens (including phenoxy) is 1. The third kappa shape index (κ3) is 2.84. The number of carbonyl (C=O) groups is 4. The molecule has 3 aliphatic rings. The Balaban J connectivity index is 1.80. The fraction of sp³-hybridized carbons (Fsp3) is 0.474. The maximum absolute atomic E-state index is 13.3. The molecule has 0 aromatic heterocycles. The summed E-state index contributed by atoms with van der Waals surface area (Å²) in [5.41, 5.74) is 4.92. The number of likely N-dealkylation sites (tertiary alicyclic amines) is 1. The van der Waals surface area contributed by atoms with Gasteiger partial charge in [-0.25, -0.2) is 0 Å². The minimum Gasteiger partial charge on any atom is -0.385 e. The molecule has 3 heterocycles. The normalized spacial score (nSPS) is 30.1. The van der Waals surface area contributed by atoms with Crippen molar-refractivity contribution in [3.05, 3.63) is 28.8 Å². The van der Waals surface area contributed by atoms with E-state index in [1.807, 2.05) is 0 Å². The fourth-order valence-corrected chi connectivity index (χ4v) is 4.98. The van der Waals surface area contributed by atoms with Crippen LogP contribution >= 0.6 is 11.6 Å². The molecular formula is C19H21ClN4O5. The Bertz CT molecular complexity index is 922. The predicted octanol–water partition coefficient (Wildman–Crippen LogP) is -0.0277. The fourth-order valence-electron chi connectivity index (χ4n) is 4.81. The van der Waals surface area contributed by atoms with Crippen LogP contribution in [0.25, 0.3) is 0 Å². The molecule has 154 valence electrons. The molecule has 1 spiro atoms. The van der Waals surface area contributed by atoms with Crippen LogP contribution in [-0.4, -0.2) is 54.8 Å². The summed E-state index contributed by atoms with van der Waals surface area (Å²) in [5, 5.41) is 6.28. The van der Waals surface area contributed by atoms with E-state index in [-0.39, 0.29) is 13.0 Å². The highest BCUT2D eigenvalue weighted by molar-refractivity contribution is 6.31. The molecule has 0 saturated carbocycles. The second-order valence-electron chi connectivity index (χ2n) is 7.55. The molecule has 29 heavy (non-hydrogen) atoms. The van der Waals surface area contributed by atoms with Gasteiger partial charge < -0.3 is 15.8 Å². The Morgan fingerprint density at radius 3 is 2.76 bits per heavy atom. The topological polar surface area (TPSA) is 131 Å². The highest BCUT2D eigenvalue weighted by atomic mass is 35.5. The van der Waals surface area contributed by atoms with E-state index in [1.165, 1.54) is 12.0 Å². The van der Waals surface area contributed by atoms with Gasteiger partial charge in [-0.05, 0) is 24.6 Å². The highest BCUT2D eigenvalue weighted by Gasteiger charge is 2.70. The zero-order valence-corrected chi connectivity index (χ0v) is 16.5. The molecule has 4 rings (SSSR count). The van der Waals surface area contributed by atoms with Gasteiger partial charge in [-0.3, -0.25) is 29.4 Å². The minimum absolute atomic E-state index is 0.170. The van der Waals surface area contributed by atoms with Gasteiger partial charge in [0.05, 0.1) is 11.8 Å². The van der Waals surface area contributed by atoms with E-state index in [0.717, 1.165) is 0 Å². The molecule has 0 radical (unpaired) electrons. The first-order chi connectivity index (χ1) is 13.8. The number of benzene rings is 1. The lowest BCUT2D eigenvalue weighted by Crippen LogP contribution is -2.53. The average Bonchev–Trinajstić information content (AvgIpc) is 3.22. The molecule has 4 atom stereocenters. The first kappa shape index (κ1) is 19.8. The molecule has 0 bridgehead atoms. The monoisotopic (exact) mass is 420 g/mol.